The molecule has 32 heavy (non-hydrogen) atoms. The van der Waals surface area contributed by atoms with Crippen molar-refractivity contribution >= 4 is 35.8 Å². The van der Waals surface area contributed by atoms with Crippen LogP contribution in [-0.4, -0.2) is 31.3 Å². The first-order valence-electron chi connectivity index (χ1n) is 9.89. The van der Waals surface area contributed by atoms with Gasteiger partial charge in [-0.3, -0.25) is 9.79 Å². The van der Waals surface area contributed by atoms with E-state index in [9.17, 15) is 18.0 Å². The van der Waals surface area contributed by atoms with Crippen molar-refractivity contribution in [3.63, 3.8) is 0 Å². The number of nitrogens with zero attached hydrogens (tertiary/aromatic N) is 1. The Labute approximate surface area is 203 Å². The number of carbonyl (C=O) groups is 1. The number of amides is 1. The molecule has 2 aromatic rings. The van der Waals surface area contributed by atoms with Gasteiger partial charge in [-0.2, -0.15) is 0 Å². The highest BCUT2D eigenvalue weighted by atomic mass is 127. The molecule has 6 nitrogen and oxygen atoms in total. The molecule has 2 aromatic carbocycles. The standard InChI is InChI=1S/C22H27F3N4O2.HI/c1-4-15(2)29-20(30)17-10-7-8-16(12-17)13-27-21(26-3)28-14-18-9-5-6-11-19(18)31-22(23,24)25;/h5-12,15H,4,13-14H2,1-3H3,(H,29,30)(H2,26,27,28);1H. The van der Waals surface area contributed by atoms with Gasteiger partial charge in [-0.25, -0.2) is 0 Å². The largest absolute Gasteiger partial charge is 0.573 e. The third-order valence-corrected chi connectivity index (χ3v) is 4.51. The molecule has 0 heterocycles. The second-order valence-electron chi connectivity index (χ2n) is 6.92. The fraction of sp³-hybridized carbons (Fsp3) is 0.364. The van der Waals surface area contributed by atoms with Crippen molar-refractivity contribution in [2.75, 3.05) is 7.05 Å². The van der Waals surface area contributed by atoms with Gasteiger partial charge in [-0.15, -0.1) is 37.1 Å². The summed E-state index contributed by atoms with van der Waals surface area (Å²) in [5.41, 5.74) is 1.76. The Morgan fingerprint density at radius 1 is 1.09 bits per heavy atom. The SMILES string of the molecule is CCC(C)NC(=O)c1cccc(CNC(=NC)NCc2ccccc2OC(F)(F)F)c1.I. The summed E-state index contributed by atoms with van der Waals surface area (Å²) in [7, 11) is 1.56. The topological polar surface area (TPSA) is 74.8 Å². The quantitative estimate of drug-likeness (QED) is 0.249. The third-order valence-electron chi connectivity index (χ3n) is 4.51. The number of nitrogens with one attached hydrogen (secondary N) is 3. The van der Waals surface area contributed by atoms with Crippen molar-refractivity contribution in [2.24, 2.45) is 4.99 Å². The molecule has 0 saturated carbocycles. The molecule has 1 atom stereocenters. The second-order valence-corrected chi connectivity index (χ2v) is 6.92. The number of para-hydroxylation sites is 1. The fourth-order valence-corrected chi connectivity index (χ4v) is 2.69. The highest BCUT2D eigenvalue weighted by Crippen LogP contribution is 2.26. The van der Waals surface area contributed by atoms with E-state index in [4.69, 9.17) is 0 Å². The van der Waals surface area contributed by atoms with E-state index in [1.54, 1.807) is 37.4 Å². The van der Waals surface area contributed by atoms with Gasteiger partial charge in [0, 0.05) is 37.3 Å². The van der Waals surface area contributed by atoms with Crippen molar-refractivity contribution in [2.45, 2.75) is 45.8 Å². The monoisotopic (exact) mass is 564 g/mol. The average Bonchev–Trinajstić information content (AvgIpc) is 2.73. The Morgan fingerprint density at radius 3 is 2.44 bits per heavy atom. The molecule has 1 unspecified atom stereocenters. The maximum atomic E-state index is 12.6. The Hall–Kier alpha value is -2.50. The van der Waals surface area contributed by atoms with E-state index in [0.717, 1.165) is 12.0 Å². The van der Waals surface area contributed by atoms with E-state index in [-0.39, 0.29) is 48.2 Å². The lowest BCUT2D eigenvalue weighted by Crippen LogP contribution is -2.36. The summed E-state index contributed by atoms with van der Waals surface area (Å²) in [6.07, 6.45) is -3.92. The number of hydrogen-bond donors (Lipinski definition) is 3. The van der Waals surface area contributed by atoms with Gasteiger partial charge in [0.15, 0.2) is 5.96 Å². The van der Waals surface area contributed by atoms with Crippen LogP contribution >= 0.6 is 24.0 Å². The highest BCUT2D eigenvalue weighted by molar-refractivity contribution is 14.0. The summed E-state index contributed by atoms with van der Waals surface area (Å²) < 4.78 is 41.8. The number of carbonyl (C=O) groups excluding carboxylic acids is 1. The minimum absolute atomic E-state index is 0. The average molecular weight is 564 g/mol. The summed E-state index contributed by atoms with van der Waals surface area (Å²) in [5, 5.41) is 8.97. The van der Waals surface area contributed by atoms with Crippen molar-refractivity contribution in [1.29, 1.82) is 0 Å². The molecular weight excluding hydrogens is 536 g/mol. The smallest absolute Gasteiger partial charge is 0.405 e. The Kier molecular flexibility index (Phi) is 11.3. The summed E-state index contributed by atoms with van der Waals surface area (Å²) >= 11 is 0. The first-order valence-corrected chi connectivity index (χ1v) is 9.89. The van der Waals surface area contributed by atoms with Gasteiger partial charge in [0.25, 0.3) is 5.91 Å². The predicted molar refractivity (Wildman–Crippen MR) is 129 cm³/mol. The Balaban J connectivity index is 0.00000512. The number of guanidine groups is 1. The van der Waals surface area contributed by atoms with E-state index in [2.05, 4.69) is 25.7 Å². The maximum absolute atomic E-state index is 12.6. The second kappa shape index (κ2) is 13.1. The first kappa shape index (κ1) is 27.5. The molecule has 0 radical (unpaired) electrons. The van der Waals surface area contributed by atoms with Crippen LogP contribution in [0.1, 0.15) is 41.8 Å². The molecule has 0 aliphatic heterocycles. The molecular formula is C22H28F3IN4O2. The van der Waals surface area contributed by atoms with Crippen LogP contribution in [0.5, 0.6) is 5.75 Å². The van der Waals surface area contributed by atoms with Crippen LogP contribution in [0.25, 0.3) is 0 Å². The zero-order chi connectivity index (χ0) is 22.9. The van der Waals surface area contributed by atoms with Crippen molar-refractivity contribution in [3.8, 4) is 5.75 Å². The molecule has 0 spiro atoms. The van der Waals surface area contributed by atoms with E-state index in [1.165, 1.54) is 12.1 Å². The van der Waals surface area contributed by atoms with Crippen LogP contribution in [-0.2, 0) is 13.1 Å². The van der Waals surface area contributed by atoms with Gasteiger partial charge in [0.2, 0.25) is 0 Å². The van der Waals surface area contributed by atoms with Crippen molar-refractivity contribution in [1.82, 2.24) is 16.0 Å². The van der Waals surface area contributed by atoms with E-state index >= 15 is 0 Å². The molecule has 2 rings (SSSR count). The first-order chi connectivity index (χ1) is 14.7. The van der Waals surface area contributed by atoms with Crippen LogP contribution in [0.2, 0.25) is 0 Å². The lowest BCUT2D eigenvalue weighted by molar-refractivity contribution is -0.274. The van der Waals surface area contributed by atoms with Crippen molar-refractivity contribution < 1.29 is 22.7 Å². The van der Waals surface area contributed by atoms with E-state index in [1.807, 2.05) is 19.9 Å². The molecule has 0 bridgehead atoms. The van der Waals surface area contributed by atoms with Gasteiger partial charge < -0.3 is 20.7 Å². The Morgan fingerprint density at radius 2 is 1.78 bits per heavy atom. The highest BCUT2D eigenvalue weighted by Gasteiger charge is 2.31. The van der Waals surface area contributed by atoms with Gasteiger partial charge in [0.05, 0.1) is 0 Å². The number of benzene rings is 2. The lowest BCUT2D eigenvalue weighted by atomic mass is 10.1. The third kappa shape index (κ3) is 9.33. The summed E-state index contributed by atoms with van der Waals surface area (Å²) in [4.78, 5) is 16.4. The van der Waals surface area contributed by atoms with Gasteiger partial charge in [-0.1, -0.05) is 37.3 Å². The molecule has 3 N–H and O–H groups in total. The normalized spacial score (nSPS) is 12.4. The lowest BCUT2D eigenvalue weighted by Gasteiger charge is -2.16. The summed E-state index contributed by atoms with van der Waals surface area (Å²) in [6.45, 7) is 4.41. The van der Waals surface area contributed by atoms with Gasteiger partial charge in [-0.05, 0) is 37.1 Å². The molecule has 0 saturated heterocycles. The minimum atomic E-state index is -4.76. The number of ether oxygens (including phenoxy) is 1. The minimum Gasteiger partial charge on any atom is -0.405 e. The maximum Gasteiger partial charge on any atom is 0.573 e. The number of hydrogen-bond acceptors (Lipinski definition) is 3. The molecule has 10 heteroatoms. The predicted octanol–water partition coefficient (Wildman–Crippen LogP) is 4.60. The number of alkyl halides is 3. The van der Waals surface area contributed by atoms with Crippen LogP contribution in [0, 0.1) is 0 Å². The van der Waals surface area contributed by atoms with Crippen molar-refractivity contribution in [3.05, 3.63) is 65.2 Å². The fourth-order valence-electron chi connectivity index (χ4n) is 2.69. The van der Waals surface area contributed by atoms with Crippen LogP contribution in [0.15, 0.2) is 53.5 Å². The number of rotatable bonds is 8. The molecule has 0 aliphatic rings. The molecule has 0 aromatic heterocycles. The van der Waals surface area contributed by atoms with Crippen LogP contribution < -0.4 is 20.7 Å². The molecule has 0 aliphatic carbocycles. The zero-order valence-corrected chi connectivity index (χ0v) is 20.5. The summed E-state index contributed by atoms with van der Waals surface area (Å²) in [5.74, 6) is -0.00535. The molecule has 0 fully saturated rings. The number of aliphatic imine (C=N–C) groups is 1. The van der Waals surface area contributed by atoms with E-state index in [0.29, 0.717) is 23.6 Å². The van der Waals surface area contributed by atoms with E-state index < -0.39 is 6.36 Å². The van der Waals surface area contributed by atoms with Crippen LogP contribution in [0.4, 0.5) is 13.2 Å². The molecule has 1 amide bonds. The van der Waals surface area contributed by atoms with Crippen LogP contribution in [0.3, 0.4) is 0 Å². The summed E-state index contributed by atoms with van der Waals surface area (Å²) in [6, 6.07) is 13.2. The van der Waals surface area contributed by atoms with Gasteiger partial charge >= 0.3 is 6.36 Å². The van der Waals surface area contributed by atoms with Gasteiger partial charge in [0.1, 0.15) is 5.75 Å². The molecule has 176 valence electrons. The number of halogens is 4. The Bertz CT molecular complexity index is 907. The zero-order valence-electron chi connectivity index (χ0n) is 18.1.